The van der Waals surface area contributed by atoms with E-state index in [-0.39, 0.29) is 0 Å². The monoisotopic (exact) mass is 197 g/mol. The van der Waals surface area contributed by atoms with Gasteiger partial charge in [-0.3, -0.25) is 0 Å². The third-order valence-electron chi connectivity index (χ3n) is 1.80. The number of thiol groups is 1. The van der Waals surface area contributed by atoms with Gasteiger partial charge in [0, 0.05) is 12.7 Å². The summed E-state index contributed by atoms with van der Waals surface area (Å²) in [5, 5.41) is 0. The molecule has 0 aliphatic heterocycles. The quantitative estimate of drug-likeness (QED) is 0.588. The molecule has 1 rings (SSSR count). The van der Waals surface area contributed by atoms with Gasteiger partial charge < -0.3 is 9.64 Å². The van der Waals surface area contributed by atoms with Gasteiger partial charge in [0.1, 0.15) is 5.75 Å². The molecule has 0 N–H and O–H groups in total. The molecule has 1 aromatic rings. The first-order chi connectivity index (χ1) is 6.27. The van der Waals surface area contributed by atoms with Gasteiger partial charge in [-0.1, -0.05) is 0 Å². The number of hydrogen-bond acceptors (Lipinski definition) is 3. The third kappa shape index (κ3) is 2.84. The van der Waals surface area contributed by atoms with Crippen molar-refractivity contribution in [2.24, 2.45) is 0 Å². The van der Waals surface area contributed by atoms with Crippen LogP contribution in [0.1, 0.15) is 6.92 Å². The van der Waals surface area contributed by atoms with E-state index in [1.165, 1.54) is 0 Å². The minimum atomic E-state index is 0.710. The van der Waals surface area contributed by atoms with Crippen molar-refractivity contribution in [2.75, 3.05) is 24.4 Å². The molecule has 0 unspecified atom stereocenters. The van der Waals surface area contributed by atoms with E-state index in [0.29, 0.717) is 12.5 Å². The highest BCUT2D eigenvalue weighted by atomic mass is 32.1. The Labute approximate surface area is 84.9 Å². The molecule has 1 aromatic carbocycles. The van der Waals surface area contributed by atoms with E-state index in [1.807, 2.05) is 38.2 Å². The van der Waals surface area contributed by atoms with Crippen LogP contribution in [-0.2, 0) is 0 Å². The van der Waals surface area contributed by atoms with E-state index in [0.717, 1.165) is 11.4 Å². The van der Waals surface area contributed by atoms with Crippen LogP contribution in [0.15, 0.2) is 24.3 Å². The van der Waals surface area contributed by atoms with Gasteiger partial charge in [-0.15, -0.1) is 0 Å². The summed E-state index contributed by atoms with van der Waals surface area (Å²) < 4.78 is 5.34. The Hall–Kier alpha value is -0.830. The van der Waals surface area contributed by atoms with Crippen LogP contribution in [0, 0.1) is 0 Å². The van der Waals surface area contributed by atoms with E-state index in [1.54, 1.807) is 0 Å². The van der Waals surface area contributed by atoms with E-state index in [9.17, 15) is 0 Å². The Morgan fingerprint density at radius 3 is 2.38 bits per heavy atom. The SMILES string of the molecule is CCOc1ccc(N(C)CS)cc1. The predicted molar refractivity (Wildman–Crippen MR) is 59.9 cm³/mol. The van der Waals surface area contributed by atoms with Gasteiger partial charge in [-0.25, -0.2) is 0 Å². The molecule has 0 saturated heterocycles. The zero-order valence-electron chi connectivity index (χ0n) is 8.03. The summed E-state index contributed by atoms with van der Waals surface area (Å²) in [4.78, 5) is 2.05. The van der Waals surface area contributed by atoms with Crippen molar-refractivity contribution in [2.45, 2.75) is 6.92 Å². The molecule has 0 aromatic heterocycles. The molecule has 0 atom stereocenters. The molecular formula is C10H15NOS. The van der Waals surface area contributed by atoms with Crippen LogP contribution in [0.2, 0.25) is 0 Å². The van der Waals surface area contributed by atoms with E-state index in [2.05, 4.69) is 17.5 Å². The summed E-state index contributed by atoms with van der Waals surface area (Å²) in [6, 6.07) is 8.00. The summed E-state index contributed by atoms with van der Waals surface area (Å²) >= 11 is 4.19. The summed E-state index contributed by atoms with van der Waals surface area (Å²) in [6.07, 6.45) is 0. The molecule has 13 heavy (non-hydrogen) atoms. The van der Waals surface area contributed by atoms with E-state index in [4.69, 9.17) is 4.74 Å². The van der Waals surface area contributed by atoms with Gasteiger partial charge in [0.15, 0.2) is 0 Å². The van der Waals surface area contributed by atoms with Crippen molar-refractivity contribution < 1.29 is 4.74 Å². The molecule has 2 nitrogen and oxygen atoms in total. The average molecular weight is 197 g/mol. The molecule has 0 aliphatic carbocycles. The van der Waals surface area contributed by atoms with Gasteiger partial charge in [0.05, 0.1) is 12.5 Å². The molecule has 0 heterocycles. The Morgan fingerprint density at radius 2 is 1.92 bits per heavy atom. The molecular weight excluding hydrogens is 182 g/mol. The van der Waals surface area contributed by atoms with Crippen molar-refractivity contribution in [1.29, 1.82) is 0 Å². The van der Waals surface area contributed by atoms with Crippen LogP contribution in [0.5, 0.6) is 5.75 Å². The number of benzene rings is 1. The number of hydrogen-bond donors (Lipinski definition) is 1. The molecule has 72 valence electrons. The molecule has 0 saturated carbocycles. The lowest BCUT2D eigenvalue weighted by Gasteiger charge is -2.16. The van der Waals surface area contributed by atoms with Gasteiger partial charge >= 0.3 is 0 Å². The molecule has 3 heteroatoms. The van der Waals surface area contributed by atoms with Gasteiger partial charge in [0.25, 0.3) is 0 Å². The maximum atomic E-state index is 5.34. The molecule has 0 amide bonds. The topological polar surface area (TPSA) is 12.5 Å². The number of nitrogens with zero attached hydrogens (tertiary/aromatic N) is 1. The Bertz CT molecular complexity index is 248. The lowest BCUT2D eigenvalue weighted by Crippen LogP contribution is -2.13. The maximum Gasteiger partial charge on any atom is 0.119 e. The second-order valence-electron chi connectivity index (χ2n) is 2.77. The second-order valence-corrected chi connectivity index (χ2v) is 3.05. The highest BCUT2D eigenvalue weighted by Gasteiger charge is 1.97. The number of rotatable bonds is 4. The maximum absolute atomic E-state index is 5.34. The first-order valence-corrected chi connectivity index (χ1v) is 4.96. The predicted octanol–water partition coefficient (Wildman–Crippen LogP) is 2.41. The van der Waals surface area contributed by atoms with Crippen molar-refractivity contribution >= 4 is 18.3 Å². The highest BCUT2D eigenvalue weighted by molar-refractivity contribution is 7.80. The van der Waals surface area contributed by atoms with Crippen LogP contribution in [0.25, 0.3) is 0 Å². The van der Waals surface area contributed by atoms with Crippen molar-refractivity contribution in [3.63, 3.8) is 0 Å². The fourth-order valence-corrected chi connectivity index (χ4v) is 1.21. The van der Waals surface area contributed by atoms with Crippen LogP contribution in [-0.4, -0.2) is 19.5 Å². The van der Waals surface area contributed by atoms with Gasteiger partial charge in [0.2, 0.25) is 0 Å². The Balaban J connectivity index is 2.69. The highest BCUT2D eigenvalue weighted by Crippen LogP contribution is 2.18. The molecule has 0 bridgehead atoms. The minimum Gasteiger partial charge on any atom is -0.494 e. The minimum absolute atomic E-state index is 0.710. The summed E-state index contributed by atoms with van der Waals surface area (Å²) in [7, 11) is 2.00. The number of ether oxygens (including phenoxy) is 1. The summed E-state index contributed by atoms with van der Waals surface area (Å²) in [6.45, 7) is 2.69. The van der Waals surface area contributed by atoms with E-state index < -0.39 is 0 Å². The Kier molecular flexibility index (Phi) is 3.96. The van der Waals surface area contributed by atoms with Gasteiger partial charge in [-0.2, -0.15) is 12.6 Å². The summed E-state index contributed by atoms with van der Waals surface area (Å²) in [5.41, 5.74) is 1.15. The lowest BCUT2D eigenvalue weighted by molar-refractivity contribution is 0.340. The van der Waals surface area contributed by atoms with Crippen molar-refractivity contribution in [3.8, 4) is 5.75 Å². The largest absolute Gasteiger partial charge is 0.494 e. The van der Waals surface area contributed by atoms with Crippen molar-refractivity contribution in [3.05, 3.63) is 24.3 Å². The van der Waals surface area contributed by atoms with Crippen LogP contribution in [0.4, 0.5) is 5.69 Å². The fraction of sp³-hybridized carbons (Fsp3) is 0.400. The van der Waals surface area contributed by atoms with Crippen LogP contribution >= 0.6 is 12.6 Å². The average Bonchev–Trinajstić information content (AvgIpc) is 2.18. The smallest absolute Gasteiger partial charge is 0.119 e. The second kappa shape index (κ2) is 5.02. The number of anilines is 1. The third-order valence-corrected chi connectivity index (χ3v) is 2.22. The van der Waals surface area contributed by atoms with Crippen molar-refractivity contribution in [1.82, 2.24) is 0 Å². The molecule has 0 fully saturated rings. The zero-order chi connectivity index (χ0) is 9.68. The normalized spacial score (nSPS) is 9.77. The molecule has 0 aliphatic rings. The first-order valence-electron chi connectivity index (χ1n) is 4.32. The molecule has 0 radical (unpaired) electrons. The van der Waals surface area contributed by atoms with Crippen LogP contribution < -0.4 is 9.64 Å². The van der Waals surface area contributed by atoms with Crippen LogP contribution in [0.3, 0.4) is 0 Å². The van der Waals surface area contributed by atoms with E-state index >= 15 is 0 Å². The fourth-order valence-electron chi connectivity index (χ4n) is 1.05. The molecule has 0 spiro atoms. The first kappa shape index (κ1) is 10.3. The summed E-state index contributed by atoms with van der Waals surface area (Å²) in [5.74, 6) is 1.63. The Morgan fingerprint density at radius 1 is 1.31 bits per heavy atom. The van der Waals surface area contributed by atoms with Gasteiger partial charge in [-0.05, 0) is 31.2 Å². The standard InChI is InChI=1S/C10H15NOS/c1-3-12-10-6-4-9(5-7-10)11(2)8-13/h4-7,13H,3,8H2,1-2H3. The lowest BCUT2D eigenvalue weighted by atomic mass is 10.3. The zero-order valence-corrected chi connectivity index (χ0v) is 8.92.